The molecule has 0 radical (unpaired) electrons. The van der Waals surface area contributed by atoms with Gasteiger partial charge in [0.25, 0.3) is 0 Å². The van der Waals surface area contributed by atoms with E-state index >= 15 is 0 Å². The van der Waals surface area contributed by atoms with Gasteiger partial charge in [-0.2, -0.15) is 0 Å². The van der Waals surface area contributed by atoms with Crippen LogP contribution >= 0.6 is 0 Å². The summed E-state index contributed by atoms with van der Waals surface area (Å²) in [6.07, 6.45) is 2.17. The number of halogens is 1. The van der Waals surface area contributed by atoms with Gasteiger partial charge in [0.2, 0.25) is 0 Å². The molecular weight excluding hydrogens is 323 g/mol. The maximum atomic E-state index is 5.19. The van der Waals surface area contributed by atoms with Crippen LogP contribution in [0.3, 0.4) is 0 Å². The van der Waals surface area contributed by atoms with E-state index in [1.54, 1.807) is 7.11 Å². The van der Waals surface area contributed by atoms with Crippen LogP contribution in [-0.2, 0) is 0 Å². The molecule has 0 fully saturated rings. The fraction of sp³-hybridized carbons (Fsp3) is 0.0667. The van der Waals surface area contributed by atoms with Gasteiger partial charge in [0.15, 0.2) is 7.65 Å². The molecule has 17 heavy (non-hydrogen) atoms. The van der Waals surface area contributed by atoms with Crippen molar-refractivity contribution in [2.24, 2.45) is 0 Å². The lowest BCUT2D eigenvalue weighted by Gasteiger charge is -1.98. The molecule has 0 atom stereocenters. The lowest BCUT2D eigenvalue weighted by molar-refractivity contribution is -0.555. The predicted molar refractivity (Wildman–Crippen MR) is 67.2 cm³/mol. The van der Waals surface area contributed by atoms with Crippen molar-refractivity contribution in [3.8, 4) is 5.75 Å². The molecule has 2 aromatic carbocycles. The van der Waals surface area contributed by atoms with Crippen molar-refractivity contribution >= 4 is 6.08 Å². The molecule has 86 valence electrons. The molecule has 0 heterocycles. The third-order valence-corrected chi connectivity index (χ3v) is 4.43. The third-order valence-electron chi connectivity index (χ3n) is 2.27. The smallest absolute Gasteiger partial charge is 0.349 e. The zero-order valence-corrected chi connectivity index (χ0v) is 11.8. The topological polar surface area (TPSA) is 9.23 Å². The molecule has 0 aliphatic carbocycles. The van der Waals surface area contributed by atoms with E-state index in [2.05, 4.69) is 46.6 Å². The largest absolute Gasteiger partial charge is 0.497 e. The highest BCUT2D eigenvalue weighted by atomic mass is 127. The quantitative estimate of drug-likeness (QED) is 0.744. The van der Waals surface area contributed by atoms with Crippen LogP contribution in [0.4, 0.5) is 0 Å². The Kier molecular flexibility index (Phi) is 4.62. The average Bonchev–Trinajstić information content (AvgIpc) is 2.40. The van der Waals surface area contributed by atoms with Crippen LogP contribution in [-0.4, -0.2) is 7.11 Å². The summed E-state index contributed by atoms with van der Waals surface area (Å²) < 4.78 is 8.91. The number of methoxy groups -OCH3 is 1. The van der Waals surface area contributed by atoms with E-state index in [1.165, 1.54) is 9.13 Å². The van der Waals surface area contributed by atoms with Crippen LogP contribution < -0.4 is 25.9 Å². The van der Waals surface area contributed by atoms with Crippen molar-refractivity contribution in [1.29, 1.82) is 0 Å². The number of rotatable bonds is 4. The van der Waals surface area contributed by atoms with Gasteiger partial charge in [-0.15, -0.1) is 0 Å². The minimum atomic E-state index is -0.0348. The second-order valence-corrected chi connectivity index (χ2v) is 6.06. The Morgan fingerprint density at radius 1 is 1.00 bits per heavy atom. The normalized spacial score (nSPS) is 10.6. The van der Waals surface area contributed by atoms with Gasteiger partial charge in [0.05, 0.1) is 7.11 Å². The first-order valence-corrected chi connectivity index (χ1v) is 7.70. The molecular formula is C15H14IO+. The summed E-state index contributed by atoms with van der Waals surface area (Å²) in [6.45, 7) is 0. The Hall–Kier alpha value is -1.29. The van der Waals surface area contributed by atoms with Gasteiger partial charge >= 0.3 is 21.2 Å². The van der Waals surface area contributed by atoms with Crippen LogP contribution in [0.25, 0.3) is 6.08 Å². The molecule has 0 amide bonds. The zero-order chi connectivity index (χ0) is 11.9. The SMILES string of the molecule is COc1cccc(/C=C/[I+]c2ccccc2)c1. The second-order valence-electron chi connectivity index (χ2n) is 3.47. The number of benzene rings is 2. The van der Waals surface area contributed by atoms with E-state index in [0.29, 0.717) is 0 Å². The monoisotopic (exact) mass is 337 g/mol. The molecule has 0 saturated carbocycles. The molecule has 2 heteroatoms. The summed E-state index contributed by atoms with van der Waals surface area (Å²) in [7, 11) is 1.69. The van der Waals surface area contributed by atoms with Crippen LogP contribution in [0.1, 0.15) is 5.56 Å². The fourth-order valence-electron chi connectivity index (χ4n) is 1.41. The van der Waals surface area contributed by atoms with E-state index in [1.807, 2.05) is 18.2 Å². The molecule has 2 rings (SSSR count). The average molecular weight is 337 g/mol. The number of ether oxygens (including phenoxy) is 1. The third kappa shape index (κ3) is 3.89. The van der Waals surface area contributed by atoms with Crippen molar-refractivity contribution in [3.05, 3.63) is 67.8 Å². The standard InChI is InChI=1S/C15H14IO/c1-17-15-9-5-6-13(12-15)10-11-16-14-7-3-2-4-8-14/h2-12H,1H3/q+1/b11-10+. The van der Waals surface area contributed by atoms with E-state index in [9.17, 15) is 0 Å². The van der Waals surface area contributed by atoms with Crippen LogP contribution in [0.15, 0.2) is 58.7 Å². The first-order valence-electron chi connectivity index (χ1n) is 5.37. The number of hydrogen-bond acceptors (Lipinski definition) is 1. The Balaban J connectivity index is 2.00. The van der Waals surface area contributed by atoms with Gasteiger partial charge in [-0.3, -0.25) is 0 Å². The minimum Gasteiger partial charge on any atom is -0.497 e. The second kappa shape index (κ2) is 6.45. The highest BCUT2D eigenvalue weighted by Gasteiger charge is 2.05. The zero-order valence-electron chi connectivity index (χ0n) is 9.64. The molecule has 0 unspecified atom stereocenters. The lowest BCUT2D eigenvalue weighted by atomic mass is 10.2. The van der Waals surface area contributed by atoms with Gasteiger partial charge in [-0.25, -0.2) is 0 Å². The summed E-state index contributed by atoms with van der Waals surface area (Å²) in [5.41, 5.74) is 1.19. The Labute approximate surface area is 112 Å². The van der Waals surface area contributed by atoms with Crippen LogP contribution in [0.2, 0.25) is 0 Å². The molecule has 0 spiro atoms. The van der Waals surface area contributed by atoms with Crippen molar-refractivity contribution in [2.45, 2.75) is 0 Å². The van der Waals surface area contributed by atoms with Crippen LogP contribution in [0, 0.1) is 3.57 Å². The van der Waals surface area contributed by atoms with Crippen molar-refractivity contribution in [3.63, 3.8) is 0 Å². The number of hydrogen-bond donors (Lipinski definition) is 0. The highest BCUT2D eigenvalue weighted by molar-refractivity contribution is 5.50. The summed E-state index contributed by atoms with van der Waals surface area (Å²) >= 11 is -0.0348. The Bertz CT molecular complexity index is 491. The van der Waals surface area contributed by atoms with Gasteiger partial charge in [-0.1, -0.05) is 30.3 Å². The Morgan fingerprint density at radius 2 is 1.82 bits per heavy atom. The molecule has 2 aromatic rings. The molecule has 0 aromatic heterocycles. The van der Waals surface area contributed by atoms with Crippen molar-refractivity contribution in [1.82, 2.24) is 0 Å². The summed E-state index contributed by atoms with van der Waals surface area (Å²) in [4.78, 5) is 0. The Morgan fingerprint density at radius 3 is 2.59 bits per heavy atom. The van der Waals surface area contributed by atoms with E-state index in [0.717, 1.165) is 5.75 Å². The lowest BCUT2D eigenvalue weighted by Crippen LogP contribution is -3.59. The van der Waals surface area contributed by atoms with Gasteiger partial charge in [0.1, 0.15) is 5.75 Å². The van der Waals surface area contributed by atoms with Gasteiger partial charge in [0, 0.05) is 0 Å². The molecule has 0 N–H and O–H groups in total. The van der Waals surface area contributed by atoms with Gasteiger partial charge < -0.3 is 4.74 Å². The van der Waals surface area contributed by atoms with Crippen molar-refractivity contribution < 1.29 is 25.9 Å². The van der Waals surface area contributed by atoms with E-state index < -0.39 is 0 Å². The van der Waals surface area contributed by atoms with Gasteiger partial charge in [-0.05, 0) is 35.9 Å². The first kappa shape index (κ1) is 12.2. The maximum Gasteiger partial charge on any atom is 0.349 e. The molecule has 0 aliphatic heterocycles. The molecule has 1 nitrogen and oxygen atoms in total. The highest BCUT2D eigenvalue weighted by Crippen LogP contribution is 2.12. The first-order chi connectivity index (χ1) is 8.38. The van der Waals surface area contributed by atoms with Crippen LogP contribution in [0.5, 0.6) is 5.75 Å². The molecule has 0 bridgehead atoms. The fourth-order valence-corrected chi connectivity index (χ4v) is 3.25. The summed E-state index contributed by atoms with van der Waals surface area (Å²) in [5, 5.41) is 0. The van der Waals surface area contributed by atoms with E-state index in [4.69, 9.17) is 4.74 Å². The van der Waals surface area contributed by atoms with E-state index in [-0.39, 0.29) is 21.2 Å². The summed E-state index contributed by atoms with van der Waals surface area (Å²) in [5.74, 6) is 0.907. The maximum absolute atomic E-state index is 5.19. The predicted octanol–water partition coefficient (Wildman–Crippen LogP) is 0.625. The summed E-state index contributed by atoms with van der Waals surface area (Å²) in [6, 6.07) is 18.7. The minimum absolute atomic E-state index is 0.0348. The molecule has 0 saturated heterocycles. The molecule has 0 aliphatic rings. The van der Waals surface area contributed by atoms with Crippen molar-refractivity contribution in [2.75, 3.05) is 7.11 Å².